The van der Waals surface area contributed by atoms with Gasteiger partial charge in [-0.2, -0.15) is 0 Å². The molecule has 0 aliphatic carbocycles. The van der Waals surface area contributed by atoms with Crippen molar-refractivity contribution in [3.05, 3.63) is 48.0 Å². The van der Waals surface area contributed by atoms with Crippen LogP contribution in [-0.4, -0.2) is 76.4 Å². The van der Waals surface area contributed by atoms with Gasteiger partial charge in [0.15, 0.2) is 11.5 Å². The van der Waals surface area contributed by atoms with Crippen molar-refractivity contribution in [3.8, 4) is 17.2 Å². The molecule has 2 aliphatic heterocycles. The van der Waals surface area contributed by atoms with E-state index in [1.807, 2.05) is 59.3 Å². The number of methoxy groups -OCH3 is 2. The highest BCUT2D eigenvalue weighted by molar-refractivity contribution is 5.94. The van der Waals surface area contributed by atoms with Gasteiger partial charge < -0.3 is 24.0 Å². The molecule has 178 valence electrons. The quantitative estimate of drug-likeness (QED) is 0.607. The van der Waals surface area contributed by atoms with Gasteiger partial charge in [0.2, 0.25) is 0 Å². The number of piperidine rings is 1. The zero-order valence-corrected chi connectivity index (χ0v) is 20.0. The first-order valence-corrected chi connectivity index (χ1v) is 11.8. The minimum Gasteiger partial charge on any atom is -0.493 e. The van der Waals surface area contributed by atoms with E-state index in [-0.39, 0.29) is 6.03 Å². The predicted molar refractivity (Wildman–Crippen MR) is 130 cm³/mol. The fourth-order valence-corrected chi connectivity index (χ4v) is 4.61. The number of para-hydroxylation sites is 1. The molecule has 2 aromatic rings. The van der Waals surface area contributed by atoms with Crippen LogP contribution in [0, 0.1) is 5.92 Å². The molecule has 0 bridgehead atoms. The van der Waals surface area contributed by atoms with Gasteiger partial charge >= 0.3 is 6.03 Å². The molecule has 2 amide bonds. The Balaban J connectivity index is 1.23. The zero-order valence-electron chi connectivity index (χ0n) is 20.0. The number of carbonyl (C=O) groups excluding carboxylic acids is 1. The van der Waals surface area contributed by atoms with Crippen molar-refractivity contribution >= 4 is 11.7 Å². The summed E-state index contributed by atoms with van der Waals surface area (Å²) in [6.07, 6.45) is 3.09. The van der Waals surface area contributed by atoms with Crippen LogP contribution >= 0.6 is 0 Å². The van der Waals surface area contributed by atoms with Crippen LogP contribution in [0.5, 0.6) is 17.2 Å². The lowest BCUT2D eigenvalue weighted by Gasteiger charge is -2.33. The predicted octanol–water partition coefficient (Wildman–Crippen LogP) is 3.91. The topological polar surface area (TPSA) is 54.5 Å². The molecule has 7 nitrogen and oxygen atoms in total. The van der Waals surface area contributed by atoms with E-state index in [0.29, 0.717) is 30.5 Å². The van der Waals surface area contributed by atoms with Crippen molar-refractivity contribution in [1.29, 1.82) is 0 Å². The van der Waals surface area contributed by atoms with Gasteiger partial charge in [-0.1, -0.05) is 18.2 Å². The van der Waals surface area contributed by atoms with Gasteiger partial charge in [0.1, 0.15) is 5.75 Å². The molecule has 0 spiro atoms. The Hall–Kier alpha value is -2.93. The number of fused-ring (bicyclic) bond motifs is 1. The summed E-state index contributed by atoms with van der Waals surface area (Å²) in [5.41, 5.74) is 2.04. The summed E-state index contributed by atoms with van der Waals surface area (Å²) in [6, 6.07) is 14.0. The monoisotopic (exact) mass is 453 g/mol. The van der Waals surface area contributed by atoms with Gasteiger partial charge in [-0.05, 0) is 62.0 Å². The molecule has 1 saturated heterocycles. The third kappa shape index (κ3) is 5.53. The molecule has 0 N–H and O–H groups in total. The SMILES string of the molecule is COc1cc2c(cc1OC)N(C(=O)N(C)CCN1CCC(COc3ccccc3)CC1)CC2. The van der Waals surface area contributed by atoms with Crippen LogP contribution in [0.25, 0.3) is 0 Å². The summed E-state index contributed by atoms with van der Waals surface area (Å²) in [5.74, 6) is 2.89. The Labute approximate surface area is 196 Å². The summed E-state index contributed by atoms with van der Waals surface area (Å²) in [6.45, 7) is 5.16. The van der Waals surface area contributed by atoms with Gasteiger partial charge in [0.25, 0.3) is 0 Å². The number of hydrogen-bond acceptors (Lipinski definition) is 5. The average Bonchev–Trinajstić information content (AvgIpc) is 3.28. The second kappa shape index (κ2) is 10.8. The zero-order chi connectivity index (χ0) is 23.2. The molecule has 4 rings (SSSR count). The highest BCUT2D eigenvalue weighted by Gasteiger charge is 2.29. The van der Waals surface area contributed by atoms with Gasteiger partial charge in [0.05, 0.1) is 26.5 Å². The van der Waals surface area contributed by atoms with E-state index in [2.05, 4.69) is 4.90 Å². The molecule has 2 aromatic carbocycles. The molecule has 33 heavy (non-hydrogen) atoms. The number of nitrogens with zero attached hydrogens (tertiary/aromatic N) is 3. The van der Waals surface area contributed by atoms with Crippen molar-refractivity contribution in [2.75, 3.05) is 65.5 Å². The maximum Gasteiger partial charge on any atom is 0.324 e. The molecule has 2 aliphatic rings. The van der Waals surface area contributed by atoms with Gasteiger partial charge in [-0.25, -0.2) is 4.79 Å². The van der Waals surface area contributed by atoms with E-state index in [4.69, 9.17) is 14.2 Å². The first kappa shape index (κ1) is 23.2. The summed E-state index contributed by atoms with van der Waals surface area (Å²) in [7, 11) is 5.14. The highest BCUT2D eigenvalue weighted by Crippen LogP contribution is 2.38. The standard InChI is InChI=1S/C26H35N3O4/c1-27(26(30)29-14-11-21-17-24(31-2)25(32-3)18-23(21)29)15-16-28-12-9-20(10-13-28)19-33-22-7-5-4-6-8-22/h4-8,17-18,20H,9-16,19H2,1-3H3. The van der Waals surface area contributed by atoms with Gasteiger partial charge in [-0.15, -0.1) is 0 Å². The smallest absolute Gasteiger partial charge is 0.324 e. The number of ether oxygens (including phenoxy) is 3. The Kier molecular flexibility index (Phi) is 7.60. The first-order chi connectivity index (χ1) is 16.1. The number of rotatable bonds is 8. The summed E-state index contributed by atoms with van der Waals surface area (Å²) >= 11 is 0. The van der Waals surface area contributed by atoms with E-state index < -0.39 is 0 Å². The summed E-state index contributed by atoms with van der Waals surface area (Å²) < 4.78 is 16.8. The van der Waals surface area contributed by atoms with Crippen LogP contribution in [0.4, 0.5) is 10.5 Å². The number of anilines is 1. The largest absolute Gasteiger partial charge is 0.493 e. The molecule has 7 heteroatoms. The van der Waals surface area contributed by atoms with Crippen LogP contribution in [0.3, 0.4) is 0 Å². The summed E-state index contributed by atoms with van der Waals surface area (Å²) in [5, 5.41) is 0. The second-order valence-corrected chi connectivity index (χ2v) is 8.85. The number of benzene rings is 2. The molecule has 0 saturated carbocycles. The Bertz CT molecular complexity index is 929. The van der Waals surface area contributed by atoms with Crippen LogP contribution in [-0.2, 0) is 6.42 Å². The third-order valence-electron chi connectivity index (χ3n) is 6.73. The fraction of sp³-hybridized carbons (Fsp3) is 0.500. The Morgan fingerprint density at radius 1 is 1.03 bits per heavy atom. The average molecular weight is 454 g/mol. The van der Waals surface area contributed by atoms with E-state index in [9.17, 15) is 4.79 Å². The second-order valence-electron chi connectivity index (χ2n) is 8.85. The van der Waals surface area contributed by atoms with Crippen LogP contribution < -0.4 is 19.1 Å². The molecule has 0 unspecified atom stereocenters. The maximum atomic E-state index is 13.2. The number of urea groups is 1. The van der Waals surface area contributed by atoms with Crippen LogP contribution in [0.15, 0.2) is 42.5 Å². The van der Waals surface area contributed by atoms with Gasteiger partial charge in [0, 0.05) is 32.7 Å². The number of likely N-dealkylation sites (tertiary alicyclic amines) is 1. The number of amides is 2. The molecule has 0 aromatic heterocycles. The lowest BCUT2D eigenvalue weighted by Crippen LogP contribution is -2.45. The third-order valence-corrected chi connectivity index (χ3v) is 6.73. The maximum absolute atomic E-state index is 13.2. The van der Waals surface area contributed by atoms with Crippen molar-refractivity contribution in [1.82, 2.24) is 9.80 Å². The normalized spacial score (nSPS) is 16.4. The molecule has 0 radical (unpaired) electrons. The number of carbonyl (C=O) groups is 1. The van der Waals surface area contributed by atoms with Crippen LogP contribution in [0.2, 0.25) is 0 Å². The summed E-state index contributed by atoms with van der Waals surface area (Å²) in [4.78, 5) is 19.3. The Morgan fingerprint density at radius 3 is 2.42 bits per heavy atom. The molecule has 0 atom stereocenters. The van der Waals surface area contributed by atoms with Gasteiger partial charge in [-0.3, -0.25) is 4.90 Å². The van der Waals surface area contributed by atoms with Crippen molar-refractivity contribution in [3.63, 3.8) is 0 Å². The Morgan fingerprint density at radius 2 is 1.73 bits per heavy atom. The molecular weight excluding hydrogens is 418 g/mol. The molecule has 2 heterocycles. The minimum atomic E-state index is 0.0344. The molecular formula is C26H35N3O4. The number of hydrogen-bond donors (Lipinski definition) is 0. The van der Waals surface area contributed by atoms with E-state index in [0.717, 1.165) is 62.5 Å². The van der Waals surface area contributed by atoms with E-state index in [1.54, 1.807) is 14.2 Å². The van der Waals surface area contributed by atoms with Crippen molar-refractivity contribution in [2.24, 2.45) is 5.92 Å². The number of likely N-dealkylation sites (N-methyl/N-ethyl adjacent to an activating group) is 1. The van der Waals surface area contributed by atoms with E-state index in [1.165, 1.54) is 0 Å². The lowest BCUT2D eigenvalue weighted by atomic mass is 9.98. The van der Waals surface area contributed by atoms with Crippen molar-refractivity contribution in [2.45, 2.75) is 19.3 Å². The molecule has 1 fully saturated rings. The lowest BCUT2D eigenvalue weighted by molar-refractivity contribution is 0.134. The fourth-order valence-electron chi connectivity index (χ4n) is 4.61. The van der Waals surface area contributed by atoms with E-state index >= 15 is 0 Å². The highest BCUT2D eigenvalue weighted by atomic mass is 16.5. The van der Waals surface area contributed by atoms with Crippen molar-refractivity contribution < 1.29 is 19.0 Å². The van der Waals surface area contributed by atoms with Crippen LogP contribution in [0.1, 0.15) is 18.4 Å². The minimum absolute atomic E-state index is 0.0344. The first-order valence-electron chi connectivity index (χ1n) is 11.8.